The summed E-state index contributed by atoms with van der Waals surface area (Å²) in [5, 5.41) is 17.1. The van der Waals surface area contributed by atoms with Crippen LogP contribution in [0.3, 0.4) is 0 Å². The van der Waals surface area contributed by atoms with Gasteiger partial charge in [0.05, 0.1) is 11.0 Å². The van der Waals surface area contributed by atoms with Crippen LogP contribution < -0.4 is 10.6 Å². The van der Waals surface area contributed by atoms with E-state index in [1.807, 2.05) is 0 Å². The molecule has 0 aromatic heterocycles. The summed E-state index contributed by atoms with van der Waals surface area (Å²) in [5.74, 6) is 0. The van der Waals surface area contributed by atoms with Gasteiger partial charge < -0.3 is 10.6 Å². The molecule has 5 nitrogen and oxygen atoms in total. The normalized spacial score (nSPS) is 15.8. The minimum Gasteiger partial charge on any atom is -0.374 e. The van der Waals surface area contributed by atoms with Gasteiger partial charge in [0.1, 0.15) is 10.7 Å². The van der Waals surface area contributed by atoms with E-state index in [2.05, 4.69) is 10.6 Å². The molecule has 6 heteroatoms. The largest absolute Gasteiger partial charge is 0.374 e. The summed E-state index contributed by atoms with van der Waals surface area (Å²) < 4.78 is 0. The molecule has 1 aromatic carbocycles. The second-order valence-electron chi connectivity index (χ2n) is 3.39. The van der Waals surface area contributed by atoms with Crippen LogP contribution in [0.5, 0.6) is 0 Å². The average molecular weight is 228 g/mol. The molecule has 1 fully saturated rings. The lowest BCUT2D eigenvalue weighted by atomic mass is 10.1. The Morgan fingerprint density at radius 1 is 1.53 bits per heavy atom. The molecule has 0 atom stereocenters. The van der Waals surface area contributed by atoms with E-state index in [0.29, 0.717) is 5.69 Å². The average Bonchev–Trinajstić information content (AvgIpc) is 2.10. The molecule has 2 N–H and O–H groups in total. The van der Waals surface area contributed by atoms with Crippen LogP contribution in [0.15, 0.2) is 18.2 Å². The molecule has 0 spiro atoms. The standard InChI is InChI=1S/C9H10ClN3O2/c10-7-2-1-3-8(9(7)13(14)15)12-6-4-11-5-6/h1-3,6,11-12H,4-5H2. The highest BCUT2D eigenvalue weighted by atomic mass is 35.5. The fourth-order valence-electron chi connectivity index (χ4n) is 1.43. The molecule has 1 aliphatic heterocycles. The van der Waals surface area contributed by atoms with Gasteiger partial charge in [0, 0.05) is 13.1 Å². The molecule has 2 rings (SSSR count). The number of rotatable bonds is 3. The van der Waals surface area contributed by atoms with Crippen molar-refractivity contribution in [2.45, 2.75) is 6.04 Å². The number of para-hydroxylation sites is 1. The molecule has 0 unspecified atom stereocenters. The van der Waals surface area contributed by atoms with Crippen molar-refractivity contribution < 1.29 is 4.92 Å². The van der Waals surface area contributed by atoms with Gasteiger partial charge in [-0.1, -0.05) is 17.7 Å². The first-order chi connectivity index (χ1) is 7.18. The van der Waals surface area contributed by atoms with Gasteiger partial charge in [0.25, 0.3) is 0 Å². The van der Waals surface area contributed by atoms with Gasteiger partial charge in [-0.2, -0.15) is 0 Å². The summed E-state index contributed by atoms with van der Waals surface area (Å²) in [5.41, 5.74) is 0.435. The lowest BCUT2D eigenvalue weighted by Gasteiger charge is -2.28. The van der Waals surface area contributed by atoms with Crippen LogP contribution in [0.1, 0.15) is 0 Å². The van der Waals surface area contributed by atoms with Crippen LogP contribution in [0.2, 0.25) is 5.02 Å². The number of nitro benzene ring substituents is 1. The number of benzene rings is 1. The van der Waals surface area contributed by atoms with E-state index in [0.717, 1.165) is 13.1 Å². The molecule has 0 bridgehead atoms. The van der Waals surface area contributed by atoms with Gasteiger partial charge in [-0.15, -0.1) is 0 Å². The molecular weight excluding hydrogens is 218 g/mol. The van der Waals surface area contributed by atoms with Crippen LogP contribution in [0, 0.1) is 10.1 Å². The van der Waals surface area contributed by atoms with Crippen molar-refractivity contribution in [1.29, 1.82) is 0 Å². The first-order valence-corrected chi connectivity index (χ1v) is 4.96. The summed E-state index contributed by atoms with van der Waals surface area (Å²) >= 11 is 5.77. The van der Waals surface area contributed by atoms with E-state index >= 15 is 0 Å². The summed E-state index contributed by atoms with van der Waals surface area (Å²) in [4.78, 5) is 10.3. The molecule has 1 aliphatic rings. The van der Waals surface area contributed by atoms with Crippen LogP contribution in [-0.2, 0) is 0 Å². The third kappa shape index (κ3) is 2.03. The predicted molar refractivity (Wildman–Crippen MR) is 58.4 cm³/mol. The number of nitro groups is 1. The fourth-order valence-corrected chi connectivity index (χ4v) is 1.67. The van der Waals surface area contributed by atoms with E-state index in [1.165, 1.54) is 6.07 Å². The smallest absolute Gasteiger partial charge is 0.310 e. The van der Waals surface area contributed by atoms with Crippen LogP contribution in [0.25, 0.3) is 0 Å². The quantitative estimate of drug-likeness (QED) is 0.609. The van der Waals surface area contributed by atoms with Crippen molar-refractivity contribution in [2.75, 3.05) is 18.4 Å². The van der Waals surface area contributed by atoms with E-state index in [-0.39, 0.29) is 16.8 Å². The molecule has 0 radical (unpaired) electrons. The van der Waals surface area contributed by atoms with Crippen molar-refractivity contribution in [3.8, 4) is 0 Å². The number of anilines is 1. The zero-order chi connectivity index (χ0) is 10.8. The highest BCUT2D eigenvalue weighted by molar-refractivity contribution is 6.33. The molecule has 0 saturated carbocycles. The minimum atomic E-state index is -0.462. The number of nitrogens with one attached hydrogen (secondary N) is 2. The SMILES string of the molecule is O=[N+]([O-])c1c(Cl)cccc1NC1CNC1. The molecule has 0 amide bonds. The lowest BCUT2D eigenvalue weighted by Crippen LogP contribution is -2.51. The Bertz CT molecular complexity index is 393. The second kappa shape index (κ2) is 4.04. The number of hydrogen-bond acceptors (Lipinski definition) is 4. The maximum absolute atomic E-state index is 10.8. The summed E-state index contributed by atoms with van der Waals surface area (Å²) in [6.45, 7) is 1.65. The van der Waals surface area contributed by atoms with Crippen LogP contribution in [0.4, 0.5) is 11.4 Å². The van der Waals surface area contributed by atoms with Gasteiger partial charge in [-0.3, -0.25) is 10.1 Å². The Labute approximate surface area is 91.6 Å². The van der Waals surface area contributed by atoms with Gasteiger partial charge in [0.15, 0.2) is 0 Å². The Kier molecular flexibility index (Phi) is 2.75. The Morgan fingerprint density at radius 2 is 2.27 bits per heavy atom. The summed E-state index contributed by atoms with van der Waals surface area (Å²) in [7, 11) is 0. The third-order valence-corrected chi connectivity index (χ3v) is 2.62. The van der Waals surface area contributed by atoms with E-state index in [4.69, 9.17) is 11.6 Å². The van der Waals surface area contributed by atoms with Crippen molar-refractivity contribution in [3.05, 3.63) is 33.3 Å². The zero-order valence-electron chi connectivity index (χ0n) is 7.87. The maximum atomic E-state index is 10.8. The number of hydrogen-bond donors (Lipinski definition) is 2. The highest BCUT2D eigenvalue weighted by Crippen LogP contribution is 2.32. The van der Waals surface area contributed by atoms with Gasteiger partial charge in [0.2, 0.25) is 0 Å². The van der Waals surface area contributed by atoms with Gasteiger partial charge >= 0.3 is 5.69 Å². The van der Waals surface area contributed by atoms with Crippen molar-refractivity contribution >= 4 is 23.0 Å². The monoisotopic (exact) mass is 227 g/mol. The van der Waals surface area contributed by atoms with E-state index in [1.54, 1.807) is 12.1 Å². The fraction of sp³-hybridized carbons (Fsp3) is 0.333. The topological polar surface area (TPSA) is 67.2 Å². The number of halogens is 1. The minimum absolute atomic E-state index is 0.0499. The van der Waals surface area contributed by atoms with E-state index in [9.17, 15) is 10.1 Å². The Balaban J connectivity index is 2.27. The van der Waals surface area contributed by atoms with Crippen LogP contribution in [-0.4, -0.2) is 24.1 Å². The Hall–Kier alpha value is -1.33. The van der Waals surface area contributed by atoms with Gasteiger partial charge in [-0.05, 0) is 12.1 Å². The molecule has 1 aromatic rings. The van der Waals surface area contributed by atoms with Crippen molar-refractivity contribution in [2.24, 2.45) is 0 Å². The van der Waals surface area contributed by atoms with Crippen molar-refractivity contribution in [1.82, 2.24) is 5.32 Å². The van der Waals surface area contributed by atoms with Crippen molar-refractivity contribution in [3.63, 3.8) is 0 Å². The molecule has 0 aliphatic carbocycles. The summed E-state index contributed by atoms with van der Waals surface area (Å²) in [6, 6.07) is 5.14. The first kappa shape index (κ1) is 10.2. The molecule has 15 heavy (non-hydrogen) atoms. The lowest BCUT2D eigenvalue weighted by molar-refractivity contribution is -0.383. The molecule has 1 saturated heterocycles. The maximum Gasteiger partial charge on any atom is 0.310 e. The van der Waals surface area contributed by atoms with Crippen LogP contribution >= 0.6 is 11.6 Å². The second-order valence-corrected chi connectivity index (χ2v) is 3.80. The highest BCUT2D eigenvalue weighted by Gasteiger charge is 2.23. The predicted octanol–water partition coefficient (Wildman–Crippen LogP) is 1.63. The molecule has 80 valence electrons. The molecular formula is C9H10ClN3O2. The number of nitrogens with zero attached hydrogens (tertiary/aromatic N) is 1. The molecule has 1 heterocycles. The first-order valence-electron chi connectivity index (χ1n) is 4.58. The zero-order valence-corrected chi connectivity index (χ0v) is 8.62. The van der Waals surface area contributed by atoms with Gasteiger partial charge in [-0.25, -0.2) is 0 Å². The third-order valence-electron chi connectivity index (χ3n) is 2.31. The summed E-state index contributed by atoms with van der Waals surface area (Å²) in [6.07, 6.45) is 0. The van der Waals surface area contributed by atoms with E-state index < -0.39 is 4.92 Å². The Morgan fingerprint density at radius 3 is 2.80 bits per heavy atom.